The maximum absolute atomic E-state index is 14.5. The normalized spacial score (nSPS) is 18.9. The first kappa shape index (κ1) is 17.4. The number of carboxylic acids is 1. The lowest BCUT2D eigenvalue weighted by Crippen LogP contribution is -2.39. The number of rotatable bonds is 5. The largest absolute Gasteiger partial charge is 0.497 e. The van der Waals surface area contributed by atoms with Crippen LogP contribution in [0, 0.1) is 11.6 Å². The van der Waals surface area contributed by atoms with Gasteiger partial charge in [0.05, 0.1) is 13.2 Å². The maximum atomic E-state index is 14.5. The molecule has 0 aliphatic carbocycles. The minimum Gasteiger partial charge on any atom is -0.497 e. The predicted octanol–water partition coefficient (Wildman–Crippen LogP) is 3.61. The molecule has 0 saturated carbocycles. The van der Waals surface area contributed by atoms with E-state index < -0.39 is 29.7 Å². The minimum absolute atomic E-state index is 0.253. The van der Waals surface area contributed by atoms with Crippen molar-refractivity contribution in [1.29, 1.82) is 0 Å². The van der Waals surface area contributed by atoms with Crippen LogP contribution in [0.4, 0.5) is 8.78 Å². The summed E-state index contributed by atoms with van der Waals surface area (Å²) in [7, 11) is 1.53. The summed E-state index contributed by atoms with van der Waals surface area (Å²) in [6.07, 6.45) is 1.21. The van der Waals surface area contributed by atoms with Gasteiger partial charge < -0.3 is 9.84 Å². The Hall–Kier alpha value is -2.47. The van der Waals surface area contributed by atoms with Gasteiger partial charge in [0.15, 0.2) is 0 Å². The summed E-state index contributed by atoms with van der Waals surface area (Å²) in [5, 5.41) is 9.52. The summed E-state index contributed by atoms with van der Waals surface area (Å²) in [4.78, 5) is 13.4. The molecule has 132 valence electrons. The number of ether oxygens (including phenoxy) is 1. The number of aliphatic carboxylic acids is 1. The molecule has 2 aromatic carbocycles. The van der Waals surface area contributed by atoms with Gasteiger partial charge in [-0.05, 0) is 36.6 Å². The summed E-state index contributed by atoms with van der Waals surface area (Å²) in [5.41, 5.74) is 0.959. The summed E-state index contributed by atoms with van der Waals surface area (Å²) in [6, 6.07) is 9.16. The van der Waals surface area contributed by atoms with Crippen LogP contribution in [-0.2, 0) is 4.79 Å². The molecule has 25 heavy (non-hydrogen) atoms. The second-order valence-electron chi connectivity index (χ2n) is 6.08. The number of hydrogen-bond donors (Lipinski definition) is 1. The lowest BCUT2D eigenvalue weighted by Gasteiger charge is -2.32. The second kappa shape index (κ2) is 7.19. The number of carboxylic acid groups (broad SMARTS) is 1. The molecule has 0 amide bonds. The van der Waals surface area contributed by atoms with Gasteiger partial charge in [0.2, 0.25) is 0 Å². The molecule has 2 atom stereocenters. The van der Waals surface area contributed by atoms with Crippen LogP contribution in [0.5, 0.6) is 5.75 Å². The summed E-state index contributed by atoms with van der Waals surface area (Å²) >= 11 is 0. The molecule has 1 aliphatic heterocycles. The molecule has 1 N–H and O–H groups in total. The van der Waals surface area contributed by atoms with Crippen molar-refractivity contribution in [2.75, 3.05) is 13.7 Å². The fourth-order valence-electron chi connectivity index (χ4n) is 3.45. The maximum Gasteiger partial charge on any atom is 0.320 e. The van der Waals surface area contributed by atoms with Crippen LogP contribution in [0.25, 0.3) is 0 Å². The van der Waals surface area contributed by atoms with Gasteiger partial charge >= 0.3 is 5.97 Å². The highest BCUT2D eigenvalue weighted by Gasteiger charge is 2.37. The van der Waals surface area contributed by atoms with Gasteiger partial charge in [-0.2, -0.15) is 0 Å². The molecule has 1 heterocycles. The predicted molar refractivity (Wildman–Crippen MR) is 88.6 cm³/mol. The van der Waals surface area contributed by atoms with Gasteiger partial charge in [-0.15, -0.1) is 0 Å². The van der Waals surface area contributed by atoms with Crippen molar-refractivity contribution in [3.05, 3.63) is 65.2 Å². The molecular weight excluding hydrogens is 328 g/mol. The average molecular weight is 347 g/mol. The monoisotopic (exact) mass is 347 g/mol. The zero-order valence-corrected chi connectivity index (χ0v) is 13.8. The third-order valence-corrected chi connectivity index (χ3v) is 4.58. The Bertz CT molecular complexity index is 781. The van der Waals surface area contributed by atoms with E-state index in [0.717, 1.165) is 6.07 Å². The second-order valence-corrected chi connectivity index (χ2v) is 6.08. The molecular formula is C19H19F2NO3. The number of halogens is 2. The quantitative estimate of drug-likeness (QED) is 0.898. The Balaban J connectivity index is 2.12. The van der Waals surface area contributed by atoms with Crippen molar-refractivity contribution in [3.8, 4) is 5.75 Å². The average Bonchev–Trinajstić information content (AvgIpc) is 3.07. The van der Waals surface area contributed by atoms with Crippen molar-refractivity contribution < 1.29 is 23.4 Å². The van der Waals surface area contributed by atoms with E-state index in [4.69, 9.17) is 4.74 Å². The number of nitrogens with zero attached hydrogens (tertiary/aromatic N) is 1. The summed E-state index contributed by atoms with van der Waals surface area (Å²) < 4.78 is 33.1. The number of methoxy groups -OCH3 is 1. The SMILES string of the molecule is COc1cccc(C(c2ccc(F)cc2F)N2CCCC2C(=O)O)c1. The van der Waals surface area contributed by atoms with Gasteiger partial charge in [-0.3, -0.25) is 9.69 Å². The van der Waals surface area contributed by atoms with Crippen LogP contribution >= 0.6 is 0 Å². The summed E-state index contributed by atoms with van der Waals surface area (Å²) in [6.45, 7) is 0.523. The van der Waals surface area contributed by atoms with Crippen molar-refractivity contribution in [3.63, 3.8) is 0 Å². The lowest BCUT2D eigenvalue weighted by atomic mass is 9.95. The van der Waals surface area contributed by atoms with Gasteiger partial charge in [0.1, 0.15) is 23.4 Å². The fraction of sp³-hybridized carbons (Fsp3) is 0.316. The number of carbonyl (C=O) groups is 1. The third kappa shape index (κ3) is 3.49. The lowest BCUT2D eigenvalue weighted by molar-refractivity contribution is -0.142. The van der Waals surface area contributed by atoms with Crippen LogP contribution in [0.15, 0.2) is 42.5 Å². The molecule has 2 aromatic rings. The van der Waals surface area contributed by atoms with Crippen LogP contribution < -0.4 is 4.74 Å². The molecule has 1 fully saturated rings. The molecule has 0 bridgehead atoms. The van der Waals surface area contributed by atoms with Crippen molar-refractivity contribution in [1.82, 2.24) is 4.90 Å². The third-order valence-electron chi connectivity index (χ3n) is 4.58. The fourth-order valence-corrected chi connectivity index (χ4v) is 3.45. The van der Waals surface area contributed by atoms with E-state index in [-0.39, 0.29) is 5.56 Å². The van der Waals surface area contributed by atoms with Crippen LogP contribution in [0.1, 0.15) is 30.0 Å². The van der Waals surface area contributed by atoms with Gasteiger partial charge in [0.25, 0.3) is 0 Å². The van der Waals surface area contributed by atoms with Crippen molar-refractivity contribution >= 4 is 5.97 Å². The number of likely N-dealkylation sites (tertiary alicyclic amines) is 1. The standard InChI is InChI=1S/C19H19F2NO3/c1-25-14-5-2-4-12(10-14)18(15-8-7-13(20)11-16(15)21)22-9-3-6-17(22)19(23)24/h2,4-5,7-8,10-11,17-18H,3,6,9H2,1H3,(H,23,24). The molecule has 2 unspecified atom stereocenters. The highest BCUT2D eigenvalue weighted by atomic mass is 19.1. The Labute approximate surface area is 144 Å². The van der Waals surface area contributed by atoms with E-state index in [2.05, 4.69) is 0 Å². The van der Waals surface area contributed by atoms with Crippen molar-refractivity contribution in [2.45, 2.75) is 24.9 Å². The van der Waals surface area contributed by atoms with E-state index in [1.54, 1.807) is 29.2 Å². The van der Waals surface area contributed by atoms with E-state index >= 15 is 0 Å². The number of hydrogen-bond acceptors (Lipinski definition) is 3. The van der Waals surface area contributed by atoms with Crippen LogP contribution in [0.3, 0.4) is 0 Å². The Morgan fingerprint density at radius 1 is 1.28 bits per heavy atom. The first-order chi connectivity index (χ1) is 12.0. The van der Waals surface area contributed by atoms with E-state index in [9.17, 15) is 18.7 Å². The Kier molecular flexibility index (Phi) is 4.99. The highest BCUT2D eigenvalue weighted by molar-refractivity contribution is 5.74. The Morgan fingerprint density at radius 3 is 2.76 bits per heavy atom. The topological polar surface area (TPSA) is 49.8 Å². The van der Waals surface area contributed by atoms with Gasteiger partial charge in [-0.1, -0.05) is 18.2 Å². The molecule has 0 spiro atoms. The molecule has 1 aliphatic rings. The molecule has 3 rings (SSSR count). The van der Waals surface area contributed by atoms with E-state index in [1.807, 2.05) is 0 Å². The zero-order chi connectivity index (χ0) is 18.0. The smallest absolute Gasteiger partial charge is 0.320 e. The first-order valence-electron chi connectivity index (χ1n) is 8.08. The van der Waals surface area contributed by atoms with E-state index in [1.165, 1.54) is 19.2 Å². The number of benzene rings is 2. The van der Waals surface area contributed by atoms with Crippen LogP contribution in [0.2, 0.25) is 0 Å². The van der Waals surface area contributed by atoms with Gasteiger partial charge in [-0.25, -0.2) is 8.78 Å². The van der Waals surface area contributed by atoms with Gasteiger partial charge in [0, 0.05) is 18.2 Å². The van der Waals surface area contributed by atoms with Crippen molar-refractivity contribution in [2.24, 2.45) is 0 Å². The minimum atomic E-state index is -0.937. The molecule has 1 saturated heterocycles. The Morgan fingerprint density at radius 2 is 2.08 bits per heavy atom. The molecule has 6 heteroatoms. The molecule has 0 radical (unpaired) electrons. The zero-order valence-electron chi connectivity index (χ0n) is 13.8. The highest BCUT2D eigenvalue weighted by Crippen LogP contribution is 2.37. The van der Waals surface area contributed by atoms with Crippen LogP contribution in [-0.4, -0.2) is 35.7 Å². The first-order valence-corrected chi connectivity index (χ1v) is 8.08. The summed E-state index contributed by atoms with van der Waals surface area (Å²) in [5.74, 6) is -1.70. The molecule has 0 aromatic heterocycles. The molecule has 4 nitrogen and oxygen atoms in total. The van der Waals surface area contributed by atoms with E-state index in [0.29, 0.717) is 30.7 Å².